The van der Waals surface area contributed by atoms with E-state index in [9.17, 15) is 9.90 Å². The summed E-state index contributed by atoms with van der Waals surface area (Å²) in [7, 11) is 0. The van der Waals surface area contributed by atoms with Crippen molar-refractivity contribution >= 4 is 11.7 Å². The number of hydrogen-bond donors (Lipinski definition) is 2. The van der Waals surface area contributed by atoms with Gasteiger partial charge in [-0.1, -0.05) is 51.7 Å². The zero-order valence-corrected chi connectivity index (χ0v) is 23.6. The van der Waals surface area contributed by atoms with Gasteiger partial charge in [0.25, 0.3) is 0 Å². The maximum atomic E-state index is 13.2. The fourth-order valence-electron chi connectivity index (χ4n) is 7.62. The first-order valence-corrected chi connectivity index (χ1v) is 15.2. The van der Waals surface area contributed by atoms with Gasteiger partial charge in [0, 0.05) is 12.0 Å². The monoisotopic (exact) mass is 515 g/mol. The van der Waals surface area contributed by atoms with Gasteiger partial charge < -0.3 is 10.4 Å². The Morgan fingerprint density at radius 3 is 2.76 bits per heavy atom. The van der Waals surface area contributed by atoms with Gasteiger partial charge >= 0.3 is 0 Å². The number of benzene rings is 1. The smallest absolute Gasteiger partial charge is 0.225 e. The van der Waals surface area contributed by atoms with Crippen molar-refractivity contribution in [2.24, 2.45) is 17.3 Å². The summed E-state index contributed by atoms with van der Waals surface area (Å²) in [6, 6.07) is 5.58. The Kier molecular flexibility index (Phi) is 8.20. The van der Waals surface area contributed by atoms with E-state index in [1.807, 2.05) is 26.0 Å². The molecule has 6 rings (SSSR count). The van der Waals surface area contributed by atoms with Crippen LogP contribution in [0.15, 0.2) is 29.8 Å². The standard InChI is InChI=1S/C31H39N3O2.C2H6/c1-20-14-22-8-5-13-31(17-20,18-22)19-27-30(34-28(36)15-21-6-3-2-4-7-21)33-26-12-9-23-16-24(35)10-11-25(23)29(26)32-27;1-2/h8,10-11,16,20-21,35H,2-7,9,12-15,17-19H2,1H3,(H,33,34,36);1-2H3. The van der Waals surface area contributed by atoms with Crippen molar-refractivity contribution < 1.29 is 9.90 Å². The van der Waals surface area contributed by atoms with Crippen LogP contribution in [0.4, 0.5) is 5.82 Å². The highest BCUT2D eigenvalue weighted by atomic mass is 16.3. The molecule has 38 heavy (non-hydrogen) atoms. The molecule has 0 radical (unpaired) electrons. The van der Waals surface area contributed by atoms with Crippen LogP contribution in [0.1, 0.15) is 108 Å². The van der Waals surface area contributed by atoms with Crippen LogP contribution in [0.25, 0.3) is 11.3 Å². The number of allylic oxidation sites excluding steroid dienone is 2. The molecule has 0 spiro atoms. The third kappa shape index (κ3) is 5.82. The summed E-state index contributed by atoms with van der Waals surface area (Å²) in [5.41, 5.74) is 6.86. The van der Waals surface area contributed by atoms with Crippen molar-refractivity contribution in [3.05, 3.63) is 46.8 Å². The predicted octanol–water partition coefficient (Wildman–Crippen LogP) is 7.95. The summed E-state index contributed by atoms with van der Waals surface area (Å²) in [4.78, 5) is 23.5. The van der Waals surface area contributed by atoms with Crippen LogP contribution in [0.3, 0.4) is 0 Å². The molecule has 0 saturated heterocycles. The van der Waals surface area contributed by atoms with Crippen LogP contribution >= 0.6 is 0 Å². The minimum atomic E-state index is 0.0947. The summed E-state index contributed by atoms with van der Waals surface area (Å²) < 4.78 is 0. The van der Waals surface area contributed by atoms with E-state index in [2.05, 4.69) is 18.3 Å². The molecule has 1 amide bonds. The van der Waals surface area contributed by atoms with Gasteiger partial charge in [-0.2, -0.15) is 0 Å². The highest BCUT2D eigenvalue weighted by molar-refractivity contribution is 5.90. The van der Waals surface area contributed by atoms with Gasteiger partial charge in [0.1, 0.15) is 5.75 Å². The lowest BCUT2D eigenvalue weighted by Gasteiger charge is -2.44. The molecular weight excluding hydrogens is 470 g/mol. The number of aryl methyl sites for hydroxylation is 2. The molecule has 2 fully saturated rings. The maximum absolute atomic E-state index is 13.2. The zero-order valence-electron chi connectivity index (χ0n) is 23.6. The van der Waals surface area contributed by atoms with Crippen LogP contribution in [0.2, 0.25) is 0 Å². The number of aromatic nitrogens is 2. The molecule has 1 aromatic heterocycles. The molecule has 2 atom stereocenters. The Morgan fingerprint density at radius 2 is 1.95 bits per heavy atom. The lowest BCUT2D eigenvalue weighted by molar-refractivity contribution is -0.117. The molecule has 2 aromatic rings. The van der Waals surface area contributed by atoms with Crippen LogP contribution in [0.5, 0.6) is 5.75 Å². The van der Waals surface area contributed by atoms with Gasteiger partial charge in [-0.05, 0) is 105 Å². The topological polar surface area (TPSA) is 75.1 Å². The number of fused-ring (bicyclic) bond motifs is 5. The zero-order chi connectivity index (χ0) is 26.7. The molecule has 4 aliphatic rings. The van der Waals surface area contributed by atoms with E-state index in [1.165, 1.54) is 38.5 Å². The van der Waals surface area contributed by atoms with Gasteiger partial charge in [0.15, 0.2) is 5.82 Å². The minimum absolute atomic E-state index is 0.0947. The fourth-order valence-corrected chi connectivity index (χ4v) is 7.62. The van der Waals surface area contributed by atoms with Gasteiger partial charge in [0.2, 0.25) is 5.91 Å². The first kappa shape index (κ1) is 26.9. The quantitative estimate of drug-likeness (QED) is 0.396. The van der Waals surface area contributed by atoms with Crippen LogP contribution in [-0.4, -0.2) is 21.0 Å². The molecule has 204 valence electrons. The second-order valence-electron chi connectivity index (χ2n) is 12.2. The first-order valence-electron chi connectivity index (χ1n) is 15.2. The van der Waals surface area contributed by atoms with E-state index >= 15 is 0 Å². The van der Waals surface area contributed by atoms with Crippen LogP contribution in [-0.2, 0) is 24.1 Å². The number of anilines is 1. The van der Waals surface area contributed by atoms with Crippen molar-refractivity contribution in [1.82, 2.24) is 9.97 Å². The average molecular weight is 516 g/mol. The molecule has 2 saturated carbocycles. The second kappa shape index (κ2) is 11.6. The molecule has 2 bridgehead atoms. The second-order valence-corrected chi connectivity index (χ2v) is 12.2. The Hall–Kier alpha value is -2.69. The lowest BCUT2D eigenvalue weighted by Crippen LogP contribution is -2.34. The van der Waals surface area contributed by atoms with Gasteiger partial charge in [-0.15, -0.1) is 0 Å². The molecule has 5 nitrogen and oxygen atoms in total. The highest BCUT2D eigenvalue weighted by Gasteiger charge is 2.40. The number of carbonyl (C=O) groups is 1. The van der Waals surface area contributed by atoms with E-state index < -0.39 is 0 Å². The summed E-state index contributed by atoms with van der Waals surface area (Å²) in [5.74, 6) is 2.27. The fraction of sp³-hybridized carbons (Fsp3) is 0.606. The molecule has 1 aromatic carbocycles. The largest absolute Gasteiger partial charge is 0.508 e. The predicted molar refractivity (Wildman–Crippen MR) is 154 cm³/mol. The van der Waals surface area contributed by atoms with E-state index in [4.69, 9.17) is 9.97 Å². The molecule has 0 aliphatic heterocycles. The molecule has 2 unspecified atom stereocenters. The van der Waals surface area contributed by atoms with Crippen molar-refractivity contribution in [3.8, 4) is 17.0 Å². The number of rotatable bonds is 5. The molecule has 5 heteroatoms. The molecule has 2 N–H and O–H groups in total. The van der Waals surface area contributed by atoms with E-state index in [1.54, 1.807) is 11.6 Å². The van der Waals surface area contributed by atoms with Gasteiger partial charge in [-0.3, -0.25) is 4.79 Å². The summed E-state index contributed by atoms with van der Waals surface area (Å²) in [6.45, 7) is 6.38. The van der Waals surface area contributed by atoms with Crippen molar-refractivity contribution in [3.63, 3.8) is 0 Å². The van der Waals surface area contributed by atoms with Gasteiger partial charge in [-0.25, -0.2) is 9.97 Å². The molecule has 4 aliphatic carbocycles. The number of nitrogens with zero attached hydrogens (tertiary/aromatic N) is 2. The van der Waals surface area contributed by atoms with Crippen molar-refractivity contribution in [2.45, 2.75) is 111 Å². The SMILES string of the molecule is CC.CC1CC2=CCCC(Cc3nc4c(nc3NC(=O)CC3CCCCC3)CCc3cc(O)ccc3-4)(C2)C1. The van der Waals surface area contributed by atoms with Crippen molar-refractivity contribution in [2.75, 3.05) is 5.32 Å². The Morgan fingerprint density at radius 1 is 1.13 bits per heavy atom. The van der Waals surface area contributed by atoms with Crippen LogP contribution in [0, 0.1) is 17.3 Å². The number of phenolic OH excluding ortho intramolecular Hbond substituents is 1. The minimum Gasteiger partial charge on any atom is -0.508 e. The van der Waals surface area contributed by atoms with E-state index in [0.29, 0.717) is 29.8 Å². The molecular formula is C33H45N3O2. The maximum Gasteiger partial charge on any atom is 0.225 e. The number of carbonyl (C=O) groups excluding carboxylic acids is 1. The third-order valence-electron chi connectivity index (χ3n) is 9.12. The third-order valence-corrected chi connectivity index (χ3v) is 9.12. The lowest BCUT2D eigenvalue weighted by atomic mass is 9.61. The number of hydrogen-bond acceptors (Lipinski definition) is 4. The number of amides is 1. The molecule has 1 heterocycles. The average Bonchev–Trinajstić information content (AvgIpc) is 2.90. The normalized spacial score (nSPS) is 24.3. The van der Waals surface area contributed by atoms with Crippen molar-refractivity contribution in [1.29, 1.82) is 0 Å². The number of nitrogens with one attached hydrogen (secondary N) is 1. The Labute approximate surface area is 228 Å². The van der Waals surface area contributed by atoms with E-state index in [-0.39, 0.29) is 11.3 Å². The highest BCUT2D eigenvalue weighted by Crippen LogP contribution is 2.51. The first-order chi connectivity index (χ1) is 18.5. The van der Waals surface area contributed by atoms with E-state index in [0.717, 1.165) is 73.2 Å². The summed E-state index contributed by atoms with van der Waals surface area (Å²) in [5, 5.41) is 13.3. The van der Waals surface area contributed by atoms with Gasteiger partial charge in [0.05, 0.1) is 17.1 Å². The van der Waals surface area contributed by atoms with Crippen LogP contribution < -0.4 is 5.32 Å². The summed E-state index contributed by atoms with van der Waals surface area (Å²) >= 11 is 0. The summed E-state index contributed by atoms with van der Waals surface area (Å²) in [6.07, 6.45) is 17.5. The Balaban J connectivity index is 0.00000144. The number of aromatic hydroxyl groups is 1. The Bertz CT molecular complexity index is 1200. The number of phenols is 1.